The number of furan rings is 1. The number of amides is 2. The van der Waals surface area contributed by atoms with Crippen LogP contribution in [0.2, 0.25) is 0 Å². The minimum Gasteiger partial charge on any atom is -0.465 e. The number of rotatable bonds is 7. The second-order valence-electron chi connectivity index (χ2n) is 6.07. The van der Waals surface area contributed by atoms with Gasteiger partial charge in [0, 0.05) is 19.0 Å². The average Bonchev–Trinajstić information content (AvgIpc) is 3.28. The molecule has 0 radical (unpaired) electrons. The van der Waals surface area contributed by atoms with E-state index in [1.54, 1.807) is 30.3 Å². The summed E-state index contributed by atoms with van der Waals surface area (Å²) >= 11 is 6.31. The Kier molecular flexibility index (Phi) is 6.52. The average molecular weight is 452 g/mol. The molecule has 1 aliphatic heterocycles. The molecule has 2 heterocycles. The summed E-state index contributed by atoms with van der Waals surface area (Å²) < 4.78 is 29.9. The highest BCUT2D eigenvalue weighted by atomic mass is 32.2. The number of nitrogens with one attached hydrogen (secondary N) is 2. The number of carbonyl (C=O) groups is 2. The molecule has 1 saturated heterocycles. The number of benzene rings is 1. The van der Waals surface area contributed by atoms with Crippen LogP contribution in [0.1, 0.15) is 17.7 Å². The minimum absolute atomic E-state index is 0.0260. The third kappa shape index (κ3) is 5.32. The molecule has 0 bridgehead atoms. The van der Waals surface area contributed by atoms with Crippen molar-refractivity contribution in [1.82, 2.24) is 15.2 Å². The van der Waals surface area contributed by atoms with Gasteiger partial charge >= 0.3 is 0 Å². The first-order chi connectivity index (χ1) is 13.8. The molecule has 0 unspecified atom stereocenters. The molecule has 1 aliphatic rings. The highest BCUT2D eigenvalue weighted by Gasteiger charge is 2.32. The fourth-order valence-corrected chi connectivity index (χ4v) is 4.52. The molecule has 2 aromatic rings. The van der Waals surface area contributed by atoms with Crippen molar-refractivity contribution >= 4 is 56.2 Å². The van der Waals surface area contributed by atoms with E-state index in [2.05, 4.69) is 5.43 Å². The van der Waals surface area contributed by atoms with Gasteiger partial charge in [-0.25, -0.2) is 8.42 Å². The maximum atomic E-state index is 12.4. The number of sulfonamides is 1. The molecule has 1 aromatic carbocycles. The summed E-state index contributed by atoms with van der Waals surface area (Å²) in [6.45, 7) is 1.86. The standard InChI is InChI=1S/C18H17N3O5S3/c1-12-4-6-14(7-5-12)29(24,25)20-19-16(22)8-9-21-17(23)15(28-18(21)27)11-13-3-2-10-26-13/h2-7,10-11,20H,8-9H2,1H3,(H,19,22). The van der Waals surface area contributed by atoms with E-state index in [0.717, 1.165) is 17.3 Å². The van der Waals surface area contributed by atoms with Gasteiger partial charge in [-0.1, -0.05) is 41.7 Å². The van der Waals surface area contributed by atoms with Crippen LogP contribution in [0.15, 0.2) is 56.9 Å². The van der Waals surface area contributed by atoms with E-state index in [-0.39, 0.29) is 23.8 Å². The van der Waals surface area contributed by atoms with Crippen molar-refractivity contribution in [2.75, 3.05) is 6.54 Å². The van der Waals surface area contributed by atoms with Crippen molar-refractivity contribution in [3.63, 3.8) is 0 Å². The fourth-order valence-electron chi connectivity index (χ4n) is 2.37. The molecule has 0 atom stereocenters. The van der Waals surface area contributed by atoms with Gasteiger partial charge in [0.15, 0.2) is 0 Å². The van der Waals surface area contributed by atoms with Gasteiger partial charge in [0.25, 0.3) is 15.9 Å². The fraction of sp³-hybridized carbons (Fsp3) is 0.167. The van der Waals surface area contributed by atoms with Gasteiger partial charge in [0.1, 0.15) is 10.1 Å². The zero-order valence-electron chi connectivity index (χ0n) is 15.2. The van der Waals surface area contributed by atoms with Crippen LogP contribution >= 0.6 is 24.0 Å². The van der Waals surface area contributed by atoms with Crippen LogP contribution in [0.5, 0.6) is 0 Å². The Balaban J connectivity index is 1.53. The van der Waals surface area contributed by atoms with Gasteiger partial charge < -0.3 is 4.42 Å². The highest BCUT2D eigenvalue weighted by molar-refractivity contribution is 8.26. The molecule has 2 amide bonds. The first-order valence-corrected chi connectivity index (χ1v) is 11.1. The van der Waals surface area contributed by atoms with Crippen molar-refractivity contribution in [2.24, 2.45) is 0 Å². The lowest BCUT2D eigenvalue weighted by atomic mass is 10.2. The molecule has 0 spiro atoms. The van der Waals surface area contributed by atoms with Gasteiger partial charge in [0.2, 0.25) is 5.91 Å². The predicted molar refractivity (Wildman–Crippen MR) is 113 cm³/mol. The number of aryl methyl sites for hydroxylation is 1. The number of hydrazine groups is 1. The Morgan fingerprint density at radius 1 is 1.28 bits per heavy atom. The van der Waals surface area contributed by atoms with Gasteiger partial charge in [-0.15, -0.1) is 4.83 Å². The Bertz CT molecular complexity index is 1060. The normalized spacial score (nSPS) is 15.9. The Morgan fingerprint density at radius 3 is 2.66 bits per heavy atom. The lowest BCUT2D eigenvalue weighted by molar-refractivity contribution is -0.124. The molecule has 0 saturated carbocycles. The summed E-state index contributed by atoms with van der Waals surface area (Å²) in [5, 5.41) is 0. The zero-order valence-corrected chi connectivity index (χ0v) is 17.7. The van der Waals surface area contributed by atoms with Crippen LogP contribution in [0, 0.1) is 6.92 Å². The quantitative estimate of drug-likeness (QED) is 0.377. The summed E-state index contributed by atoms with van der Waals surface area (Å²) in [4.78, 5) is 28.2. The number of thiocarbonyl (C=S) groups is 1. The summed E-state index contributed by atoms with van der Waals surface area (Å²) in [5.41, 5.74) is 3.06. The van der Waals surface area contributed by atoms with E-state index in [0.29, 0.717) is 15.0 Å². The van der Waals surface area contributed by atoms with Gasteiger partial charge in [-0.2, -0.15) is 0 Å². The van der Waals surface area contributed by atoms with Crippen LogP contribution in [0.4, 0.5) is 0 Å². The maximum Gasteiger partial charge on any atom is 0.266 e. The molecular formula is C18H17N3O5S3. The number of hydrogen-bond donors (Lipinski definition) is 2. The van der Waals surface area contributed by atoms with Crippen LogP contribution < -0.4 is 10.3 Å². The summed E-state index contributed by atoms with van der Waals surface area (Å²) in [6, 6.07) is 9.60. The Labute approximate surface area is 177 Å². The lowest BCUT2D eigenvalue weighted by Crippen LogP contribution is -2.43. The molecule has 8 nitrogen and oxygen atoms in total. The van der Waals surface area contributed by atoms with E-state index >= 15 is 0 Å². The number of hydrogen-bond acceptors (Lipinski definition) is 7. The molecule has 0 aliphatic carbocycles. The minimum atomic E-state index is -3.88. The number of thioether (sulfide) groups is 1. The monoisotopic (exact) mass is 451 g/mol. The van der Waals surface area contributed by atoms with E-state index in [9.17, 15) is 18.0 Å². The Hall–Kier alpha value is -2.47. The highest BCUT2D eigenvalue weighted by Crippen LogP contribution is 2.32. The van der Waals surface area contributed by atoms with Crippen LogP contribution in [0.3, 0.4) is 0 Å². The summed E-state index contributed by atoms with van der Waals surface area (Å²) in [5.74, 6) is -0.400. The number of carbonyl (C=O) groups excluding carboxylic acids is 2. The molecule has 11 heteroatoms. The van der Waals surface area contributed by atoms with Crippen LogP contribution in [-0.4, -0.2) is 36.0 Å². The molecule has 29 heavy (non-hydrogen) atoms. The van der Waals surface area contributed by atoms with E-state index in [1.165, 1.54) is 23.3 Å². The van der Waals surface area contributed by atoms with Gasteiger partial charge in [-0.3, -0.25) is 19.9 Å². The van der Waals surface area contributed by atoms with Gasteiger partial charge in [-0.05, 0) is 31.2 Å². The molecule has 1 aromatic heterocycles. The second-order valence-corrected chi connectivity index (χ2v) is 9.42. The second kappa shape index (κ2) is 8.91. The Morgan fingerprint density at radius 2 is 2.00 bits per heavy atom. The molecule has 1 fully saturated rings. The summed E-state index contributed by atoms with van der Waals surface area (Å²) in [7, 11) is -3.88. The van der Waals surface area contributed by atoms with Gasteiger partial charge in [0.05, 0.1) is 16.1 Å². The lowest BCUT2D eigenvalue weighted by Gasteiger charge is -2.14. The molecule has 152 valence electrons. The smallest absolute Gasteiger partial charge is 0.266 e. The third-order valence-corrected chi connectivity index (χ3v) is 6.55. The van der Waals surface area contributed by atoms with Crippen LogP contribution in [0.25, 0.3) is 6.08 Å². The molecular weight excluding hydrogens is 434 g/mol. The zero-order chi connectivity index (χ0) is 21.0. The largest absolute Gasteiger partial charge is 0.465 e. The van der Waals surface area contributed by atoms with Crippen LogP contribution in [-0.2, 0) is 19.6 Å². The first-order valence-electron chi connectivity index (χ1n) is 8.42. The molecule has 3 rings (SSSR count). The van der Waals surface area contributed by atoms with E-state index < -0.39 is 15.9 Å². The van der Waals surface area contributed by atoms with E-state index in [1.807, 2.05) is 11.8 Å². The maximum absolute atomic E-state index is 12.4. The first kappa shape index (κ1) is 21.2. The molecule has 2 N–H and O–H groups in total. The van der Waals surface area contributed by atoms with Crippen molar-refractivity contribution in [2.45, 2.75) is 18.2 Å². The predicted octanol–water partition coefficient (Wildman–Crippen LogP) is 2.19. The van der Waals surface area contributed by atoms with Crippen molar-refractivity contribution < 1.29 is 22.4 Å². The summed E-state index contributed by atoms with van der Waals surface area (Å²) in [6.07, 6.45) is 2.94. The van der Waals surface area contributed by atoms with E-state index in [4.69, 9.17) is 16.6 Å². The van der Waals surface area contributed by atoms with Crippen molar-refractivity contribution in [1.29, 1.82) is 0 Å². The van der Waals surface area contributed by atoms with Crippen molar-refractivity contribution in [3.05, 3.63) is 58.9 Å². The third-order valence-electron chi connectivity index (χ3n) is 3.91. The van der Waals surface area contributed by atoms with Crippen molar-refractivity contribution in [3.8, 4) is 0 Å². The SMILES string of the molecule is Cc1ccc(S(=O)(=O)NNC(=O)CCN2C(=O)C(=Cc3ccco3)SC2=S)cc1. The topological polar surface area (TPSA) is 109 Å². The number of nitrogens with zero attached hydrogens (tertiary/aromatic N) is 1.